The molecule has 0 bridgehead atoms. The van der Waals surface area contributed by atoms with Crippen molar-refractivity contribution in [2.45, 2.75) is 12.6 Å². The van der Waals surface area contributed by atoms with Crippen molar-refractivity contribution < 1.29 is 4.74 Å². The van der Waals surface area contributed by atoms with Gasteiger partial charge >= 0.3 is 6.01 Å². The van der Waals surface area contributed by atoms with E-state index in [9.17, 15) is 0 Å². The zero-order chi connectivity index (χ0) is 16.4. The van der Waals surface area contributed by atoms with Crippen LogP contribution in [0.25, 0.3) is 10.9 Å². The summed E-state index contributed by atoms with van der Waals surface area (Å²) >= 11 is 0. The van der Waals surface area contributed by atoms with Crippen molar-refractivity contribution in [2.24, 2.45) is 7.05 Å². The minimum Gasteiger partial charge on any atom is -0.459 e. The van der Waals surface area contributed by atoms with Crippen LogP contribution in [-0.2, 0) is 13.7 Å². The predicted octanol–water partition coefficient (Wildman–Crippen LogP) is 1.18. The molecule has 1 atom stereocenters. The maximum absolute atomic E-state index is 5.79. The van der Waals surface area contributed by atoms with E-state index in [1.165, 1.54) is 0 Å². The molecule has 7 heteroatoms. The number of benzene rings is 1. The lowest BCUT2D eigenvalue weighted by Gasteiger charge is -2.23. The number of hydrogen-bond donors (Lipinski definition) is 2. The molecule has 2 N–H and O–H groups in total. The Labute approximate surface area is 140 Å². The second-order valence-corrected chi connectivity index (χ2v) is 5.92. The second kappa shape index (κ2) is 6.54. The largest absolute Gasteiger partial charge is 0.459 e. The van der Waals surface area contributed by atoms with Crippen molar-refractivity contribution in [3.8, 4) is 6.01 Å². The van der Waals surface area contributed by atoms with Crippen LogP contribution in [0.5, 0.6) is 6.01 Å². The number of nitrogens with one attached hydrogen (secondary N) is 2. The summed E-state index contributed by atoms with van der Waals surface area (Å²) < 4.78 is 7.65. The SMILES string of the molecule is Cn1ncc2ccc(COc3nccc(C4CNCCN4)n3)cc21. The van der Waals surface area contributed by atoms with Gasteiger partial charge in [-0.2, -0.15) is 10.1 Å². The highest BCUT2D eigenvalue weighted by atomic mass is 16.5. The summed E-state index contributed by atoms with van der Waals surface area (Å²) in [6.45, 7) is 3.23. The Morgan fingerprint density at radius 2 is 2.25 bits per heavy atom. The van der Waals surface area contributed by atoms with E-state index in [2.05, 4.69) is 37.8 Å². The predicted molar refractivity (Wildman–Crippen MR) is 90.7 cm³/mol. The third-order valence-electron chi connectivity index (χ3n) is 4.23. The van der Waals surface area contributed by atoms with Crippen molar-refractivity contribution >= 4 is 10.9 Å². The summed E-state index contributed by atoms with van der Waals surface area (Å²) in [6.07, 6.45) is 3.61. The average Bonchev–Trinajstić information content (AvgIpc) is 3.02. The normalized spacial score (nSPS) is 18.0. The summed E-state index contributed by atoms with van der Waals surface area (Å²) in [6, 6.07) is 8.72. The topological polar surface area (TPSA) is 76.9 Å². The first kappa shape index (κ1) is 15.0. The summed E-state index contributed by atoms with van der Waals surface area (Å²) in [5.41, 5.74) is 3.11. The maximum Gasteiger partial charge on any atom is 0.316 e. The Balaban J connectivity index is 1.47. The zero-order valence-electron chi connectivity index (χ0n) is 13.6. The number of hydrogen-bond acceptors (Lipinski definition) is 6. The van der Waals surface area contributed by atoms with Crippen LogP contribution in [-0.4, -0.2) is 39.4 Å². The zero-order valence-corrected chi connectivity index (χ0v) is 13.6. The summed E-state index contributed by atoms with van der Waals surface area (Å²) in [5.74, 6) is 0. The van der Waals surface area contributed by atoms with E-state index in [0.717, 1.165) is 41.8 Å². The molecule has 24 heavy (non-hydrogen) atoms. The van der Waals surface area contributed by atoms with Crippen LogP contribution in [0.4, 0.5) is 0 Å². The van der Waals surface area contributed by atoms with Crippen molar-refractivity contribution in [3.63, 3.8) is 0 Å². The maximum atomic E-state index is 5.79. The lowest BCUT2D eigenvalue weighted by molar-refractivity contribution is 0.278. The van der Waals surface area contributed by atoms with Crippen LogP contribution in [0.2, 0.25) is 0 Å². The molecule has 1 aromatic carbocycles. The Kier molecular flexibility index (Phi) is 4.10. The van der Waals surface area contributed by atoms with Gasteiger partial charge in [0.1, 0.15) is 6.61 Å². The molecular weight excluding hydrogens is 304 g/mol. The fourth-order valence-corrected chi connectivity index (χ4v) is 2.91. The highest BCUT2D eigenvalue weighted by Crippen LogP contribution is 2.17. The van der Waals surface area contributed by atoms with Gasteiger partial charge in [0.2, 0.25) is 0 Å². The van der Waals surface area contributed by atoms with Gasteiger partial charge in [0.25, 0.3) is 0 Å². The number of nitrogens with zero attached hydrogens (tertiary/aromatic N) is 4. The monoisotopic (exact) mass is 324 g/mol. The quantitative estimate of drug-likeness (QED) is 0.750. The molecule has 1 unspecified atom stereocenters. The van der Waals surface area contributed by atoms with Gasteiger partial charge in [-0.15, -0.1) is 0 Å². The molecule has 1 fully saturated rings. The molecule has 7 nitrogen and oxygen atoms in total. The van der Waals surface area contributed by atoms with Crippen molar-refractivity contribution in [1.82, 2.24) is 30.4 Å². The van der Waals surface area contributed by atoms with Gasteiger partial charge in [-0.25, -0.2) is 4.98 Å². The first-order valence-corrected chi connectivity index (χ1v) is 8.10. The van der Waals surface area contributed by atoms with E-state index in [0.29, 0.717) is 12.6 Å². The average molecular weight is 324 g/mol. The minimum absolute atomic E-state index is 0.204. The molecule has 4 rings (SSSR count). The molecule has 1 saturated heterocycles. The van der Waals surface area contributed by atoms with Gasteiger partial charge in [-0.1, -0.05) is 12.1 Å². The smallest absolute Gasteiger partial charge is 0.316 e. The van der Waals surface area contributed by atoms with Crippen LogP contribution in [0.15, 0.2) is 36.7 Å². The Morgan fingerprint density at radius 1 is 1.29 bits per heavy atom. The number of aryl methyl sites for hydroxylation is 1. The molecular formula is C17H20N6O. The first-order valence-electron chi connectivity index (χ1n) is 8.10. The van der Waals surface area contributed by atoms with Crippen molar-refractivity contribution in [3.05, 3.63) is 47.9 Å². The van der Waals surface area contributed by atoms with Crippen LogP contribution in [0.3, 0.4) is 0 Å². The summed E-state index contributed by atoms with van der Waals surface area (Å²) in [4.78, 5) is 8.75. The third kappa shape index (κ3) is 3.08. The fraction of sp³-hybridized carbons (Fsp3) is 0.353. The lowest BCUT2D eigenvalue weighted by Crippen LogP contribution is -2.43. The molecule has 0 radical (unpaired) electrons. The first-order chi connectivity index (χ1) is 11.8. The van der Waals surface area contributed by atoms with Gasteiger partial charge in [0, 0.05) is 38.3 Å². The van der Waals surface area contributed by atoms with Gasteiger partial charge in [-0.05, 0) is 17.7 Å². The Bertz CT molecular complexity index is 840. The summed E-state index contributed by atoms with van der Waals surface area (Å²) in [7, 11) is 1.94. The van der Waals surface area contributed by atoms with Crippen molar-refractivity contribution in [2.75, 3.05) is 19.6 Å². The molecule has 124 valence electrons. The van der Waals surface area contributed by atoms with E-state index in [-0.39, 0.29) is 6.04 Å². The standard InChI is InChI=1S/C17H20N6O/c1-23-16-8-12(2-3-13(16)9-21-23)11-24-17-20-5-4-14(22-17)15-10-18-6-7-19-15/h2-5,8-9,15,18-19H,6-7,10-11H2,1H3. The molecule has 3 aromatic rings. The number of ether oxygens (including phenoxy) is 1. The Hall–Kier alpha value is -2.51. The van der Waals surface area contributed by atoms with E-state index in [4.69, 9.17) is 4.74 Å². The Morgan fingerprint density at radius 3 is 3.12 bits per heavy atom. The van der Waals surface area contributed by atoms with E-state index in [1.807, 2.05) is 30.1 Å². The molecule has 0 saturated carbocycles. The molecule has 0 aliphatic carbocycles. The van der Waals surface area contributed by atoms with Crippen molar-refractivity contribution in [1.29, 1.82) is 0 Å². The third-order valence-corrected chi connectivity index (χ3v) is 4.23. The van der Waals surface area contributed by atoms with E-state index in [1.54, 1.807) is 6.20 Å². The number of fused-ring (bicyclic) bond motifs is 1. The molecule has 2 aromatic heterocycles. The number of rotatable bonds is 4. The van der Waals surface area contributed by atoms with Crippen LogP contribution < -0.4 is 15.4 Å². The molecule has 0 spiro atoms. The fourth-order valence-electron chi connectivity index (χ4n) is 2.91. The summed E-state index contributed by atoms with van der Waals surface area (Å²) in [5, 5.41) is 12.2. The lowest BCUT2D eigenvalue weighted by atomic mass is 10.1. The van der Waals surface area contributed by atoms with Crippen LogP contribution in [0, 0.1) is 0 Å². The molecule has 1 aliphatic rings. The van der Waals surface area contributed by atoms with Gasteiger partial charge in [0.15, 0.2) is 0 Å². The molecule has 0 amide bonds. The van der Waals surface area contributed by atoms with Gasteiger partial charge in [-0.3, -0.25) is 4.68 Å². The van der Waals surface area contributed by atoms with Crippen LogP contribution in [0.1, 0.15) is 17.3 Å². The number of aromatic nitrogens is 4. The van der Waals surface area contributed by atoms with Crippen LogP contribution >= 0.6 is 0 Å². The highest BCUT2D eigenvalue weighted by Gasteiger charge is 2.16. The van der Waals surface area contributed by atoms with Gasteiger partial charge in [0.05, 0.1) is 23.4 Å². The molecule has 3 heterocycles. The van der Waals surface area contributed by atoms with Gasteiger partial charge < -0.3 is 15.4 Å². The van der Waals surface area contributed by atoms with E-state index >= 15 is 0 Å². The minimum atomic E-state index is 0.204. The van der Waals surface area contributed by atoms with E-state index < -0.39 is 0 Å². The second-order valence-electron chi connectivity index (χ2n) is 5.92. The number of piperazine rings is 1. The molecule has 1 aliphatic heterocycles. The highest BCUT2D eigenvalue weighted by molar-refractivity contribution is 5.79.